The van der Waals surface area contributed by atoms with Crippen LogP contribution in [-0.2, 0) is 4.79 Å². The van der Waals surface area contributed by atoms with E-state index in [-0.39, 0.29) is 5.91 Å². The monoisotopic (exact) mass is 497 g/mol. The Kier molecular flexibility index (Phi) is 7.04. The highest BCUT2D eigenvalue weighted by molar-refractivity contribution is 9.10. The number of nitrogens with zero attached hydrogens (tertiary/aromatic N) is 1. The molecule has 0 spiro atoms. The fraction of sp³-hybridized carbons (Fsp3) is 0.200. The Bertz CT molecular complexity index is 964. The molecule has 1 aliphatic rings. The Morgan fingerprint density at radius 1 is 1.21 bits per heavy atom. The summed E-state index contributed by atoms with van der Waals surface area (Å²) in [7, 11) is 0. The molecule has 28 heavy (non-hydrogen) atoms. The van der Waals surface area contributed by atoms with Gasteiger partial charge in [-0.25, -0.2) is 0 Å². The number of amides is 1. The average Bonchev–Trinajstić information content (AvgIpc) is 2.91. The molecule has 4 nitrogen and oxygen atoms in total. The van der Waals surface area contributed by atoms with Gasteiger partial charge in [0.15, 0.2) is 15.8 Å². The fourth-order valence-corrected chi connectivity index (χ4v) is 4.73. The van der Waals surface area contributed by atoms with Crippen molar-refractivity contribution < 1.29 is 14.3 Å². The van der Waals surface area contributed by atoms with Gasteiger partial charge in [-0.15, -0.1) is 0 Å². The van der Waals surface area contributed by atoms with Gasteiger partial charge in [-0.05, 0) is 71.7 Å². The molecule has 0 N–H and O–H groups in total. The van der Waals surface area contributed by atoms with Crippen LogP contribution in [0.15, 0.2) is 45.8 Å². The molecule has 0 aromatic heterocycles. The second-order valence-electron chi connectivity index (χ2n) is 5.69. The minimum absolute atomic E-state index is 0.180. The van der Waals surface area contributed by atoms with Gasteiger partial charge in [0.2, 0.25) is 0 Å². The molecule has 8 heteroatoms. The summed E-state index contributed by atoms with van der Waals surface area (Å²) >= 11 is 16.3. The Morgan fingerprint density at radius 3 is 2.64 bits per heavy atom. The maximum atomic E-state index is 12.9. The van der Waals surface area contributed by atoms with Crippen molar-refractivity contribution in [1.82, 2.24) is 0 Å². The zero-order chi connectivity index (χ0) is 20.3. The number of anilines is 1. The van der Waals surface area contributed by atoms with Crippen molar-refractivity contribution in [3.8, 4) is 11.5 Å². The lowest BCUT2D eigenvalue weighted by atomic mass is 10.1. The summed E-state index contributed by atoms with van der Waals surface area (Å²) in [6, 6.07) is 10.8. The zero-order valence-electron chi connectivity index (χ0n) is 15.2. The van der Waals surface area contributed by atoms with Gasteiger partial charge in [0.1, 0.15) is 0 Å². The van der Waals surface area contributed by atoms with Crippen molar-refractivity contribution >= 4 is 73.5 Å². The Labute approximate surface area is 187 Å². The van der Waals surface area contributed by atoms with E-state index in [0.717, 1.165) is 10.0 Å². The standard InChI is InChI=1S/C20H17BrClNO3S2/c1-3-25-16-9-12(8-15(21)18(16)26-4-2)10-17-19(24)23(20(27)28-17)14-7-5-6-13(22)11-14/h5-11H,3-4H2,1-2H3/b17-10-. The molecule has 0 unspecified atom stereocenters. The number of thiocarbonyl (C=S) groups is 1. The quantitative estimate of drug-likeness (QED) is 0.345. The van der Waals surface area contributed by atoms with Gasteiger partial charge in [-0.3, -0.25) is 9.69 Å². The van der Waals surface area contributed by atoms with Crippen molar-refractivity contribution in [3.05, 3.63) is 56.4 Å². The third kappa shape index (κ3) is 4.54. The number of ether oxygens (including phenoxy) is 2. The molecule has 0 saturated carbocycles. The highest BCUT2D eigenvalue weighted by atomic mass is 79.9. The lowest BCUT2D eigenvalue weighted by Gasteiger charge is -2.14. The summed E-state index contributed by atoms with van der Waals surface area (Å²) < 4.78 is 12.6. The molecule has 0 bridgehead atoms. The molecule has 3 rings (SSSR count). The van der Waals surface area contributed by atoms with Crippen LogP contribution in [0.25, 0.3) is 6.08 Å². The lowest BCUT2D eigenvalue weighted by molar-refractivity contribution is -0.113. The SMILES string of the molecule is CCOc1cc(/C=C2\SC(=S)N(c3cccc(Cl)c3)C2=O)cc(Br)c1OCC. The van der Waals surface area contributed by atoms with Gasteiger partial charge in [-0.2, -0.15) is 0 Å². The maximum absolute atomic E-state index is 12.9. The summed E-state index contributed by atoms with van der Waals surface area (Å²) in [5.41, 5.74) is 1.46. The molecule has 1 saturated heterocycles. The average molecular weight is 499 g/mol. The molecule has 1 amide bonds. The van der Waals surface area contributed by atoms with Crippen LogP contribution < -0.4 is 14.4 Å². The topological polar surface area (TPSA) is 38.8 Å². The van der Waals surface area contributed by atoms with Crippen LogP contribution in [0.1, 0.15) is 19.4 Å². The maximum Gasteiger partial charge on any atom is 0.270 e. The number of carbonyl (C=O) groups is 1. The first-order valence-corrected chi connectivity index (χ1v) is 11.0. The number of rotatable bonds is 6. The summed E-state index contributed by atoms with van der Waals surface area (Å²) in [4.78, 5) is 15.0. The van der Waals surface area contributed by atoms with E-state index < -0.39 is 0 Å². The van der Waals surface area contributed by atoms with Gasteiger partial charge in [-0.1, -0.05) is 41.6 Å². The molecule has 0 aliphatic carbocycles. The van der Waals surface area contributed by atoms with Crippen LogP contribution >= 0.6 is 51.5 Å². The summed E-state index contributed by atoms with van der Waals surface area (Å²) in [6.07, 6.45) is 1.80. The predicted octanol–water partition coefficient (Wildman–Crippen LogP) is 6.31. The van der Waals surface area contributed by atoms with Crippen LogP contribution in [0, 0.1) is 0 Å². The third-order valence-corrected chi connectivity index (χ3v) is 5.90. The van der Waals surface area contributed by atoms with E-state index in [1.54, 1.807) is 30.3 Å². The summed E-state index contributed by atoms with van der Waals surface area (Å²) in [6.45, 7) is 4.85. The molecular weight excluding hydrogens is 482 g/mol. The lowest BCUT2D eigenvalue weighted by Crippen LogP contribution is -2.27. The van der Waals surface area contributed by atoms with Crippen LogP contribution in [0.4, 0.5) is 5.69 Å². The molecule has 146 valence electrons. The van der Waals surface area contributed by atoms with Gasteiger partial charge in [0.05, 0.1) is 28.3 Å². The van der Waals surface area contributed by atoms with Gasteiger partial charge in [0.25, 0.3) is 5.91 Å². The minimum atomic E-state index is -0.180. The predicted molar refractivity (Wildman–Crippen MR) is 124 cm³/mol. The van der Waals surface area contributed by atoms with Crippen molar-refractivity contribution in [3.63, 3.8) is 0 Å². The molecule has 1 heterocycles. The van der Waals surface area contributed by atoms with Crippen molar-refractivity contribution in [2.75, 3.05) is 18.1 Å². The number of halogens is 2. The highest BCUT2D eigenvalue weighted by Gasteiger charge is 2.33. The Morgan fingerprint density at radius 2 is 1.96 bits per heavy atom. The van der Waals surface area contributed by atoms with Crippen molar-refractivity contribution in [2.45, 2.75) is 13.8 Å². The van der Waals surface area contributed by atoms with Crippen molar-refractivity contribution in [2.24, 2.45) is 0 Å². The molecule has 1 aliphatic heterocycles. The van der Waals surface area contributed by atoms with E-state index in [1.165, 1.54) is 16.7 Å². The van der Waals surface area contributed by atoms with E-state index in [9.17, 15) is 4.79 Å². The Hall–Kier alpha value is -1.54. The Balaban J connectivity index is 1.95. The van der Waals surface area contributed by atoms with E-state index in [4.69, 9.17) is 33.3 Å². The van der Waals surface area contributed by atoms with Crippen LogP contribution in [0.3, 0.4) is 0 Å². The first kappa shape index (κ1) is 21.2. The van der Waals surface area contributed by atoms with Gasteiger partial charge >= 0.3 is 0 Å². The second kappa shape index (κ2) is 9.31. The van der Waals surface area contributed by atoms with E-state index >= 15 is 0 Å². The molecule has 2 aromatic rings. The largest absolute Gasteiger partial charge is 0.490 e. The molecule has 1 fully saturated rings. The first-order chi connectivity index (χ1) is 13.4. The summed E-state index contributed by atoms with van der Waals surface area (Å²) in [5, 5.41) is 0.548. The number of benzene rings is 2. The normalized spacial score (nSPS) is 15.4. The number of carbonyl (C=O) groups excluding carboxylic acids is 1. The van der Waals surface area contributed by atoms with Crippen LogP contribution in [-0.4, -0.2) is 23.4 Å². The first-order valence-electron chi connectivity index (χ1n) is 8.57. The number of hydrogen-bond acceptors (Lipinski definition) is 5. The van der Waals surface area contributed by atoms with Gasteiger partial charge in [0, 0.05) is 5.02 Å². The van der Waals surface area contributed by atoms with E-state index in [1.807, 2.05) is 26.0 Å². The van der Waals surface area contributed by atoms with E-state index in [2.05, 4.69) is 15.9 Å². The highest BCUT2D eigenvalue weighted by Crippen LogP contribution is 2.40. The minimum Gasteiger partial charge on any atom is -0.490 e. The smallest absolute Gasteiger partial charge is 0.270 e. The van der Waals surface area contributed by atoms with Crippen LogP contribution in [0.5, 0.6) is 11.5 Å². The number of thioether (sulfide) groups is 1. The molecular formula is C20H17BrClNO3S2. The van der Waals surface area contributed by atoms with Crippen molar-refractivity contribution in [1.29, 1.82) is 0 Å². The molecule has 0 radical (unpaired) electrons. The third-order valence-electron chi connectivity index (χ3n) is 3.78. The zero-order valence-corrected chi connectivity index (χ0v) is 19.2. The molecule has 2 aromatic carbocycles. The fourth-order valence-electron chi connectivity index (χ4n) is 2.68. The van der Waals surface area contributed by atoms with E-state index in [0.29, 0.717) is 44.6 Å². The molecule has 0 atom stereocenters. The second-order valence-corrected chi connectivity index (χ2v) is 8.66. The van der Waals surface area contributed by atoms with Crippen LogP contribution in [0.2, 0.25) is 5.02 Å². The summed E-state index contributed by atoms with van der Waals surface area (Å²) in [5.74, 6) is 1.09. The van der Waals surface area contributed by atoms with Gasteiger partial charge < -0.3 is 9.47 Å². The number of hydrogen-bond donors (Lipinski definition) is 0.